The van der Waals surface area contributed by atoms with Gasteiger partial charge in [-0.1, -0.05) is 12.1 Å². The van der Waals surface area contributed by atoms with Gasteiger partial charge in [0, 0.05) is 44.3 Å². The smallest absolute Gasteiger partial charge is 0.128 e. The first-order valence-electron chi connectivity index (χ1n) is 8.29. The second kappa shape index (κ2) is 7.83. The van der Waals surface area contributed by atoms with Crippen LogP contribution in [0.5, 0.6) is 0 Å². The van der Waals surface area contributed by atoms with Gasteiger partial charge >= 0.3 is 0 Å². The Morgan fingerprint density at radius 2 is 2.00 bits per heavy atom. The van der Waals surface area contributed by atoms with Crippen LogP contribution in [0.25, 0.3) is 11.1 Å². The van der Waals surface area contributed by atoms with Crippen molar-refractivity contribution < 1.29 is 13.9 Å². The molecular formula is C19H23FN2O2. The number of methoxy groups -OCH3 is 1. The molecule has 0 amide bonds. The number of benzene rings is 1. The van der Waals surface area contributed by atoms with E-state index in [2.05, 4.69) is 10.3 Å². The molecule has 1 aromatic heterocycles. The van der Waals surface area contributed by atoms with Crippen LogP contribution < -0.4 is 5.32 Å². The molecule has 3 atom stereocenters. The van der Waals surface area contributed by atoms with E-state index in [1.807, 2.05) is 31.2 Å². The minimum atomic E-state index is -0.202. The Bertz CT molecular complexity index is 666. The van der Waals surface area contributed by atoms with Crippen LogP contribution in [0.4, 0.5) is 4.39 Å². The maximum absolute atomic E-state index is 14.4. The number of nitrogens with zero attached hydrogens (tertiary/aromatic N) is 1. The van der Waals surface area contributed by atoms with Gasteiger partial charge in [0.05, 0.1) is 12.2 Å². The zero-order valence-corrected chi connectivity index (χ0v) is 14.0. The van der Waals surface area contributed by atoms with E-state index in [9.17, 15) is 4.39 Å². The molecule has 0 saturated heterocycles. The van der Waals surface area contributed by atoms with E-state index < -0.39 is 0 Å². The van der Waals surface area contributed by atoms with E-state index in [0.29, 0.717) is 18.7 Å². The lowest BCUT2D eigenvalue weighted by molar-refractivity contribution is -0.131. The molecule has 1 aliphatic carbocycles. The van der Waals surface area contributed by atoms with Crippen molar-refractivity contribution in [3.8, 4) is 11.1 Å². The molecule has 0 aliphatic heterocycles. The first kappa shape index (κ1) is 17.0. The number of ether oxygens (including phenoxy) is 2. The molecule has 0 spiro atoms. The van der Waals surface area contributed by atoms with Gasteiger partial charge in [0.25, 0.3) is 0 Å². The normalized spacial score (nSPS) is 23.0. The lowest BCUT2D eigenvalue weighted by Gasteiger charge is -2.43. The van der Waals surface area contributed by atoms with Crippen molar-refractivity contribution in [2.24, 2.45) is 0 Å². The molecular weight excluding hydrogens is 307 g/mol. The molecule has 1 aromatic carbocycles. The van der Waals surface area contributed by atoms with Gasteiger partial charge in [-0.15, -0.1) is 0 Å². The molecule has 5 heteroatoms. The van der Waals surface area contributed by atoms with Crippen molar-refractivity contribution in [3.63, 3.8) is 0 Å². The summed E-state index contributed by atoms with van der Waals surface area (Å²) in [4.78, 5) is 3.98. The Hall–Kier alpha value is -1.82. The van der Waals surface area contributed by atoms with Crippen LogP contribution >= 0.6 is 0 Å². The number of hydrogen-bond acceptors (Lipinski definition) is 4. The van der Waals surface area contributed by atoms with Crippen LogP contribution in [0.3, 0.4) is 0 Å². The molecule has 128 valence electrons. The van der Waals surface area contributed by atoms with E-state index in [-0.39, 0.29) is 24.1 Å². The van der Waals surface area contributed by atoms with Gasteiger partial charge in [-0.05, 0) is 42.7 Å². The molecule has 2 aromatic rings. The third-order valence-corrected chi connectivity index (χ3v) is 4.52. The number of pyridine rings is 1. The Labute approximate surface area is 142 Å². The van der Waals surface area contributed by atoms with E-state index in [1.54, 1.807) is 25.6 Å². The predicted octanol–water partition coefficient (Wildman–Crippen LogP) is 3.17. The fourth-order valence-corrected chi connectivity index (χ4v) is 3.13. The van der Waals surface area contributed by atoms with Crippen LogP contribution in [0.2, 0.25) is 0 Å². The molecule has 1 saturated carbocycles. The predicted molar refractivity (Wildman–Crippen MR) is 91.1 cm³/mol. The van der Waals surface area contributed by atoms with E-state index in [0.717, 1.165) is 17.5 Å². The minimum Gasteiger partial charge on any atom is -0.377 e. The minimum absolute atomic E-state index is 0.0316. The summed E-state index contributed by atoms with van der Waals surface area (Å²) >= 11 is 0. The summed E-state index contributed by atoms with van der Waals surface area (Å²) in [5, 5.41) is 3.37. The second-order valence-corrected chi connectivity index (χ2v) is 5.96. The van der Waals surface area contributed by atoms with Crippen LogP contribution in [-0.2, 0) is 16.0 Å². The zero-order chi connectivity index (χ0) is 16.9. The lowest BCUT2D eigenvalue weighted by Crippen LogP contribution is -2.59. The summed E-state index contributed by atoms with van der Waals surface area (Å²) in [5.41, 5.74) is 2.47. The number of halogens is 1. The molecule has 1 N–H and O–H groups in total. The molecule has 1 aliphatic rings. The van der Waals surface area contributed by atoms with Gasteiger partial charge < -0.3 is 14.8 Å². The van der Waals surface area contributed by atoms with Gasteiger partial charge in [0.2, 0.25) is 0 Å². The van der Waals surface area contributed by atoms with Gasteiger partial charge in [0.15, 0.2) is 0 Å². The number of nitrogens with one attached hydrogen (secondary N) is 1. The third kappa shape index (κ3) is 3.64. The van der Waals surface area contributed by atoms with Crippen LogP contribution in [-0.4, -0.2) is 37.0 Å². The zero-order valence-electron chi connectivity index (χ0n) is 14.0. The Morgan fingerprint density at radius 1 is 1.21 bits per heavy atom. The van der Waals surface area contributed by atoms with Crippen molar-refractivity contribution in [2.45, 2.75) is 38.1 Å². The summed E-state index contributed by atoms with van der Waals surface area (Å²) < 4.78 is 25.5. The van der Waals surface area contributed by atoms with Crippen LogP contribution in [0.15, 0.2) is 42.7 Å². The van der Waals surface area contributed by atoms with E-state index >= 15 is 0 Å². The number of hydrogen-bond donors (Lipinski definition) is 1. The summed E-state index contributed by atoms with van der Waals surface area (Å²) in [6.45, 7) is 3.14. The average molecular weight is 330 g/mol. The maximum Gasteiger partial charge on any atom is 0.128 e. The van der Waals surface area contributed by atoms with Crippen molar-refractivity contribution >= 4 is 0 Å². The molecule has 0 bridgehead atoms. The first-order valence-corrected chi connectivity index (χ1v) is 8.29. The highest BCUT2D eigenvalue weighted by Gasteiger charge is 2.41. The lowest BCUT2D eigenvalue weighted by atomic mass is 9.85. The average Bonchev–Trinajstić information content (AvgIpc) is 2.59. The van der Waals surface area contributed by atoms with Crippen molar-refractivity contribution in [1.29, 1.82) is 0 Å². The van der Waals surface area contributed by atoms with E-state index in [1.165, 1.54) is 0 Å². The third-order valence-electron chi connectivity index (χ3n) is 4.52. The standard InChI is InChI=1S/C19H23FN2O2/c1-3-24-18-11-17(19(18)23-2)22-12-15-5-4-14(10-16(15)20)13-6-8-21-9-7-13/h4-10,17-19,22H,3,11-12H2,1-2H3. The topological polar surface area (TPSA) is 43.4 Å². The Kier molecular flexibility index (Phi) is 5.56. The second-order valence-electron chi connectivity index (χ2n) is 5.96. The molecule has 24 heavy (non-hydrogen) atoms. The Morgan fingerprint density at radius 3 is 2.67 bits per heavy atom. The van der Waals surface area contributed by atoms with Crippen LogP contribution in [0.1, 0.15) is 18.9 Å². The highest BCUT2D eigenvalue weighted by atomic mass is 19.1. The van der Waals surface area contributed by atoms with Gasteiger partial charge in [-0.3, -0.25) is 4.98 Å². The summed E-state index contributed by atoms with van der Waals surface area (Å²) in [5.74, 6) is -0.202. The van der Waals surface area contributed by atoms with Crippen LogP contribution in [0, 0.1) is 5.82 Å². The molecule has 4 nitrogen and oxygen atoms in total. The molecule has 1 heterocycles. The fraction of sp³-hybridized carbons (Fsp3) is 0.421. The van der Waals surface area contributed by atoms with Crippen molar-refractivity contribution in [2.75, 3.05) is 13.7 Å². The molecule has 0 radical (unpaired) electrons. The largest absolute Gasteiger partial charge is 0.377 e. The summed E-state index contributed by atoms with van der Waals surface area (Å²) in [7, 11) is 1.69. The molecule has 1 fully saturated rings. The molecule has 3 unspecified atom stereocenters. The summed E-state index contributed by atoms with van der Waals surface area (Å²) in [6.07, 6.45) is 4.47. The summed E-state index contributed by atoms with van der Waals surface area (Å²) in [6, 6.07) is 9.29. The number of rotatable bonds is 7. The Balaban J connectivity index is 1.60. The van der Waals surface area contributed by atoms with Crippen molar-refractivity contribution in [3.05, 3.63) is 54.1 Å². The first-order chi connectivity index (χ1) is 11.7. The van der Waals surface area contributed by atoms with Gasteiger partial charge in [-0.2, -0.15) is 0 Å². The monoisotopic (exact) mass is 330 g/mol. The fourth-order valence-electron chi connectivity index (χ4n) is 3.13. The van der Waals surface area contributed by atoms with E-state index in [4.69, 9.17) is 9.47 Å². The highest BCUT2D eigenvalue weighted by molar-refractivity contribution is 5.63. The van der Waals surface area contributed by atoms with Gasteiger partial charge in [-0.25, -0.2) is 4.39 Å². The quantitative estimate of drug-likeness (QED) is 0.847. The number of aromatic nitrogens is 1. The van der Waals surface area contributed by atoms with Gasteiger partial charge in [0.1, 0.15) is 5.82 Å². The molecule has 3 rings (SSSR count). The highest BCUT2D eigenvalue weighted by Crippen LogP contribution is 2.27. The van der Waals surface area contributed by atoms with Crippen molar-refractivity contribution in [1.82, 2.24) is 10.3 Å². The SMILES string of the molecule is CCOC1CC(NCc2ccc(-c3ccncc3)cc2F)C1OC. The maximum atomic E-state index is 14.4.